The Hall–Kier alpha value is -4.13. The maximum atomic E-state index is 13.5. The van der Waals surface area contributed by atoms with Crippen LogP contribution in [0.15, 0.2) is 72.8 Å². The van der Waals surface area contributed by atoms with E-state index in [2.05, 4.69) is 12.2 Å². The summed E-state index contributed by atoms with van der Waals surface area (Å²) in [7, 11) is 0. The molecule has 1 heterocycles. The van der Waals surface area contributed by atoms with E-state index in [1.807, 2.05) is 48.2 Å². The van der Waals surface area contributed by atoms with E-state index >= 15 is 0 Å². The number of ether oxygens (including phenoxy) is 2. The Morgan fingerprint density at radius 1 is 1.06 bits per heavy atom. The van der Waals surface area contributed by atoms with Crippen LogP contribution in [0.5, 0.6) is 11.5 Å². The molecule has 0 aromatic heterocycles. The highest BCUT2D eigenvalue weighted by atomic mass is 16.5. The lowest BCUT2D eigenvalue weighted by atomic mass is 10.0. The highest BCUT2D eigenvalue weighted by molar-refractivity contribution is 6.06. The first kappa shape index (κ1) is 25.0. The van der Waals surface area contributed by atoms with Gasteiger partial charge in [0.1, 0.15) is 11.5 Å². The van der Waals surface area contributed by atoms with Gasteiger partial charge in [0.15, 0.2) is 6.10 Å². The predicted octanol–water partition coefficient (Wildman–Crippen LogP) is 5.52. The summed E-state index contributed by atoms with van der Waals surface area (Å²) < 4.78 is 11.3. The van der Waals surface area contributed by atoms with E-state index in [1.54, 1.807) is 36.4 Å². The summed E-state index contributed by atoms with van der Waals surface area (Å²) in [6, 6.07) is 21.8. The van der Waals surface area contributed by atoms with Crippen LogP contribution in [0.4, 0.5) is 5.69 Å². The standard InChI is InChI=1S/C29H30N2O5/c1-4-24(20-11-7-6-8-12-20)31-18-21-17-22(15-16-26(21)36-25(5-2)29(31)34)30-28(33)23-13-9-10-14-27(23)35-19(3)32/h6-17,24-25H,4-5,18H2,1-3H3,(H,30,33). The number of hydrogen-bond acceptors (Lipinski definition) is 5. The van der Waals surface area contributed by atoms with Crippen LogP contribution < -0.4 is 14.8 Å². The Morgan fingerprint density at radius 3 is 2.47 bits per heavy atom. The van der Waals surface area contributed by atoms with Crippen molar-refractivity contribution in [2.75, 3.05) is 5.32 Å². The minimum absolute atomic E-state index is 0.0507. The zero-order valence-electron chi connectivity index (χ0n) is 20.7. The van der Waals surface area contributed by atoms with Crippen LogP contribution >= 0.6 is 0 Å². The molecule has 0 radical (unpaired) electrons. The summed E-state index contributed by atoms with van der Waals surface area (Å²) in [6.45, 7) is 5.64. The second-order valence-electron chi connectivity index (χ2n) is 8.68. The summed E-state index contributed by atoms with van der Waals surface area (Å²) in [5.41, 5.74) is 2.67. The minimum atomic E-state index is -0.583. The highest BCUT2D eigenvalue weighted by Gasteiger charge is 2.34. The average Bonchev–Trinajstić information content (AvgIpc) is 3.01. The van der Waals surface area contributed by atoms with E-state index in [1.165, 1.54) is 6.92 Å². The van der Waals surface area contributed by atoms with Crippen molar-refractivity contribution in [3.63, 3.8) is 0 Å². The lowest BCUT2D eigenvalue weighted by molar-refractivity contribution is -0.141. The smallest absolute Gasteiger partial charge is 0.308 e. The Morgan fingerprint density at radius 2 is 1.78 bits per heavy atom. The van der Waals surface area contributed by atoms with E-state index in [0.717, 1.165) is 17.5 Å². The third kappa shape index (κ3) is 5.40. The molecule has 7 heteroatoms. The zero-order chi connectivity index (χ0) is 25.7. The largest absolute Gasteiger partial charge is 0.480 e. The molecular formula is C29H30N2O5. The van der Waals surface area contributed by atoms with E-state index in [-0.39, 0.29) is 23.3 Å². The van der Waals surface area contributed by atoms with Crippen LogP contribution in [0.1, 0.15) is 61.1 Å². The van der Waals surface area contributed by atoms with Crippen molar-refractivity contribution in [3.05, 3.63) is 89.5 Å². The van der Waals surface area contributed by atoms with Crippen molar-refractivity contribution in [3.8, 4) is 11.5 Å². The average molecular weight is 487 g/mol. The monoisotopic (exact) mass is 486 g/mol. The van der Waals surface area contributed by atoms with Gasteiger partial charge in [0.25, 0.3) is 11.8 Å². The molecule has 0 saturated heterocycles. The molecule has 3 aromatic rings. The summed E-state index contributed by atoms with van der Waals surface area (Å²) in [6.07, 6.45) is 0.719. The Bertz CT molecular complexity index is 1260. The Labute approximate surface area is 211 Å². The van der Waals surface area contributed by atoms with Crippen molar-refractivity contribution >= 4 is 23.5 Å². The maximum absolute atomic E-state index is 13.5. The number of nitrogens with zero attached hydrogens (tertiary/aromatic N) is 1. The van der Waals surface area contributed by atoms with E-state index in [0.29, 0.717) is 24.4 Å². The Kier molecular flexibility index (Phi) is 7.68. The molecule has 2 amide bonds. The van der Waals surface area contributed by atoms with Crippen molar-refractivity contribution < 1.29 is 23.9 Å². The molecule has 1 aliphatic heterocycles. The van der Waals surface area contributed by atoms with Gasteiger partial charge in [-0.25, -0.2) is 0 Å². The van der Waals surface area contributed by atoms with E-state index in [9.17, 15) is 14.4 Å². The fraction of sp³-hybridized carbons (Fsp3) is 0.276. The first-order chi connectivity index (χ1) is 17.4. The molecular weight excluding hydrogens is 456 g/mol. The molecule has 2 atom stereocenters. The molecule has 186 valence electrons. The van der Waals surface area contributed by atoms with Gasteiger partial charge in [-0.15, -0.1) is 0 Å². The summed E-state index contributed by atoms with van der Waals surface area (Å²) >= 11 is 0. The van der Waals surface area contributed by atoms with Gasteiger partial charge in [-0.05, 0) is 48.7 Å². The topological polar surface area (TPSA) is 84.9 Å². The van der Waals surface area contributed by atoms with Crippen LogP contribution in [0.2, 0.25) is 0 Å². The molecule has 4 rings (SSSR count). The second-order valence-corrected chi connectivity index (χ2v) is 8.68. The second kappa shape index (κ2) is 11.1. The third-order valence-electron chi connectivity index (χ3n) is 6.19. The predicted molar refractivity (Wildman–Crippen MR) is 137 cm³/mol. The fourth-order valence-electron chi connectivity index (χ4n) is 4.48. The number of nitrogens with one attached hydrogen (secondary N) is 1. The summed E-state index contributed by atoms with van der Waals surface area (Å²) in [5.74, 6) is -0.144. The number of amides is 2. The Balaban J connectivity index is 1.64. The molecule has 0 spiro atoms. The quantitative estimate of drug-likeness (QED) is 0.351. The third-order valence-corrected chi connectivity index (χ3v) is 6.19. The van der Waals surface area contributed by atoms with Gasteiger partial charge in [0, 0.05) is 18.2 Å². The van der Waals surface area contributed by atoms with Crippen LogP contribution in [-0.2, 0) is 16.1 Å². The maximum Gasteiger partial charge on any atom is 0.308 e. The van der Waals surface area contributed by atoms with Gasteiger partial charge in [-0.1, -0.05) is 56.3 Å². The summed E-state index contributed by atoms with van der Waals surface area (Å²) in [4.78, 5) is 39.8. The van der Waals surface area contributed by atoms with Gasteiger partial charge >= 0.3 is 5.97 Å². The van der Waals surface area contributed by atoms with Crippen molar-refractivity contribution in [1.82, 2.24) is 4.90 Å². The molecule has 0 fully saturated rings. The zero-order valence-corrected chi connectivity index (χ0v) is 20.7. The molecule has 0 aliphatic carbocycles. The van der Waals surface area contributed by atoms with Gasteiger partial charge < -0.3 is 19.7 Å². The molecule has 7 nitrogen and oxygen atoms in total. The number of hydrogen-bond donors (Lipinski definition) is 1. The van der Waals surface area contributed by atoms with Gasteiger partial charge in [0.05, 0.1) is 18.2 Å². The van der Waals surface area contributed by atoms with Crippen LogP contribution in [-0.4, -0.2) is 28.8 Å². The molecule has 0 bridgehead atoms. The lowest BCUT2D eigenvalue weighted by Gasteiger charge is -2.32. The van der Waals surface area contributed by atoms with E-state index in [4.69, 9.17) is 9.47 Å². The van der Waals surface area contributed by atoms with Crippen LogP contribution in [0.25, 0.3) is 0 Å². The number of carbonyl (C=O) groups is 3. The number of fused-ring (bicyclic) bond motifs is 1. The summed E-state index contributed by atoms with van der Waals surface area (Å²) in [5, 5.41) is 2.88. The molecule has 1 aliphatic rings. The lowest BCUT2D eigenvalue weighted by Crippen LogP contribution is -2.41. The van der Waals surface area contributed by atoms with Crippen molar-refractivity contribution in [1.29, 1.82) is 0 Å². The van der Waals surface area contributed by atoms with Crippen molar-refractivity contribution in [2.24, 2.45) is 0 Å². The van der Waals surface area contributed by atoms with Crippen LogP contribution in [0, 0.1) is 0 Å². The molecule has 2 unspecified atom stereocenters. The highest BCUT2D eigenvalue weighted by Crippen LogP contribution is 2.35. The fourth-order valence-corrected chi connectivity index (χ4v) is 4.48. The number of para-hydroxylation sites is 1. The van der Waals surface area contributed by atoms with Gasteiger partial charge in [-0.3, -0.25) is 14.4 Å². The minimum Gasteiger partial charge on any atom is -0.480 e. The molecule has 3 aromatic carbocycles. The number of carbonyl (C=O) groups excluding carboxylic acids is 3. The SMILES string of the molecule is CCC1Oc2ccc(NC(=O)c3ccccc3OC(C)=O)cc2CN(C(CC)c2ccccc2)C1=O. The number of anilines is 1. The van der Waals surface area contributed by atoms with E-state index < -0.39 is 18.0 Å². The normalized spacial score (nSPS) is 15.8. The molecule has 0 saturated carbocycles. The van der Waals surface area contributed by atoms with Gasteiger partial charge in [-0.2, -0.15) is 0 Å². The molecule has 1 N–H and O–H groups in total. The van der Waals surface area contributed by atoms with Gasteiger partial charge in [0.2, 0.25) is 0 Å². The van der Waals surface area contributed by atoms with Crippen molar-refractivity contribution in [2.45, 2.75) is 52.3 Å². The number of benzene rings is 3. The van der Waals surface area contributed by atoms with Crippen LogP contribution in [0.3, 0.4) is 0 Å². The molecule has 36 heavy (non-hydrogen) atoms. The number of esters is 1. The first-order valence-corrected chi connectivity index (χ1v) is 12.1. The first-order valence-electron chi connectivity index (χ1n) is 12.1. The number of rotatable bonds is 7.